The second-order valence-electron chi connectivity index (χ2n) is 6.78. The van der Waals surface area contributed by atoms with Gasteiger partial charge in [-0.15, -0.1) is 0 Å². The third-order valence-electron chi connectivity index (χ3n) is 4.69. The monoisotopic (exact) mass is 462 g/mol. The van der Waals surface area contributed by atoms with E-state index in [0.717, 1.165) is 15.6 Å². The molecule has 1 aliphatic rings. The van der Waals surface area contributed by atoms with Crippen LogP contribution in [0.5, 0.6) is 0 Å². The van der Waals surface area contributed by atoms with Crippen LogP contribution in [0.25, 0.3) is 6.08 Å². The number of amides is 1. The fourth-order valence-electron chi connectivity index (χ4n) is 3.10. The van der Waals surface area contributed by atoms with Crippen LogP contribution in [0.2, 0.25) is 0 Å². The quantitative estimate of drug-likeness (QED) is 0.650. The molecule has 0 aromatic heterocycles. The molecule has 2 aromatic carbocycles. The highest BCUT2D eigenvalue weighted by Crippen LogP contribution is 2.19. The molecule has 0 bridgehead atoms. The van der Waals surface area contributed by atoms with Crippen LogP contribution < -0.4 is 0 Å². The number of hydrogen-bond acceptors (Lipinski definition) is 3. The van der Waals surface area contributed by atoms with Crippen LogP contribution >= 0.6 is 15.9 Å². The van der Waals surface area contributed by atoms with E-state index in [0.29, 0.717) is 37.5 Å². The predicted octanol–water partition coefficient (Wildman–Crippen LogP) is 3.69. The summed E-state index contributed by atoms with van der Waals surface area (Å²) in [5.74, 6) is -0.102. The zero-order chi connectivity index (χ0) is 20.1. The largest absolute Gasteiger partial charge is 0.338 e. The molecule has 0 N–H and O–H groups in total. The molecule has 1 fully saturated rings. The highest BCUT2D eigenvalue weighted by atomic mass is 79.9. The van der Waals surface area contributed by atoms with Crippen LogP contribution in [0.4, 0.5) is 0 Å². The maximum Gasteiger partial charge on any atom is 0.246 e. The fraction of sp³-hybridized carbons (Fsp3) is 0.286. The van der Waals surface area contributed by atoms with E-state index in [9.17, 15) is 13.2 Å². The minimum absolute atomic E-state index is 0.102. The average Bonchev–Trinajstić information content (AvgIpc) is 2.93. The number of rotatable bonds is 4. The molecule has 1 aliphatic heterocycles. The topological polar surface area (TPSA) is 57.7 Å². The van der Waals surface area contributed by atoms with Gasteiger partial charge in [0.05, 0.1) is 4.90 Å². The van der Waals surface area contributed by atoms with Crippen molar-refractivity contribution < 1.29 is 13.2 Å². The van der Waals surface area contributed by atoms with Gasteiger partial charge >= 0.3 is 0 Å². The summed E-state index contributed by atoms with van der Waals surface area (Å²) in [5.41, 5.74) is 1.95. The van der Waals surface area contributed by atoms with Crippen molar-refractivity contribution in [3.63, 3.8) is 0 Å². The third-order valence-corrected chi connectivity index (χ3v) is 7.10. The van der Waals surface area contributed by atoms with Gasteiger partial charge in [0.25, 0.3) is 0 Å². The Morgan fingerprint density at radius 3 is 2.50 bits per heavy atom. The second kappa shape index (κ2) is 9.03. The van der Waals surface area contributed by atoms with E-state index >= 15 is 0 Å². The molecule has 0 radical (unpaired) electrons. The Kier molecular flexibility index (Phi) is 6.69. The second-order valence-corrected chi connectivity index (χ2v) is 9.64. The fourth-order valence-corrected chi connectivity index (χ4v) is 4.98. The summed E-state index contributed by atoms with van der Waals surface area (Å²) in [6.07, 6.45) is 3.94. The maximum absolute atomic E-state index is 12.9. The van der Waals surface area contributed by atoms with Crippen molar-refractivity contribution in [2.75, 3.05) is 26.2 Å². The Hall–Kier alpha value is -1.96. The molecule has 0 unspecified atom stereocenters. The van der Waals surface area contributed by atoms with Gasteiger partial charge in [0.1, 0.15) is 0 Å². The number of carbonyl (C=O) groups is 1. The third kappa shape index (κ3) is 5.10. The molecule has 0 saturated carbocycles. The molecule has 3 rings (SSSR count). The van der Waals surface area contributed by atoms with Gasteiger partial charge < -0.3 is 4.90 Å². The number of benzene rings is 2. The van der Waals surface area contributed by atoms with E-state index in [4.69, 9.17) is 0 Å². The zero-order valence-electron chi connectivity index (χ0n) is 15.7. The standard InChI is InChI=1S/C21H23BrN2O3S/c1-17-6-9-20(10-7-17)28(26,27)24-13-3-12-23(14-15-24)21(25)11-8-18-4-2-5-19(22)16-18/h2,4-11,16H,3,12-15H2,1H3/b11-8+. The van der Waals surface area contributed by atoms with E-state index in [1.165, 1.54) is 4.31 Å². The molecule has 0 aliphatic carbocycles. The molecule has 148 valence electrons. The molecule has 1 saturated heterocycles. The van der Waals surface area contributed by atoms with Gasteiger partial charge in [0.15, 0.2) is 0 Å². The first-order valence-electron chi connectivity index (χ1n) is 9.16. The number of aryl methyl sites for hydroxylation is 1. The van der Waals surface area contributed by atoms with E-state index in [2.05, 4.69) is 15.9 Å². The van der Waals surface area contributed by atoms with Crippen molar-refractivity contribution in [1.82, 2.24) is 9.21 Å². The summed E-state index contributed by atoms with van der Waals surface area (Å²) in [4.78, 5) is 14.5. The number of nitrogens with zero attached hydrogens (tertiary/aromatic N) is 2. The number of halogens is 1. The lowest BCUT2D eigenvalue weighted by Gasteiger charge is -2.21. The number of carbonyl (C=O) groups excluding carboxylic acids is 1. The first-order valence-corrected chi connectivity index (χ1v) is 11.4. The van der Waals surface area contributed by atoms with Crippen LogP contribution in [0.15, 0.2) is 64.0 Å². The normalized spacial score (nSPS) is 16.3. The van der Waals surface area contributed by atoms with Crippen LogP contribution in [0.3, 0.4) is 0 Å². The van der Waals surface area contributed by atoms with Gasteiger partial charge in [-0.25, -0.2) is 8.42 Å². The van der Waals surface area contributed by atoms with E-state index in [1.54, 1.807) is 41.3 Å². The van der Waals surface area contributed by atoms with Crippen molar-refractivity contribution in [2.24, 2.45) is 0 Å². The maximum atomic E-state index is 12.9. The highest BCUT2D eigenvalue weighted by Gasteiger charge is 2.27. The Morgan fingerprint density at radius 2 is 1.79 bits per heavy atom. The Balaban J connectivity index is 1.65. The first kappa shape index (κ1) is 20.8. The summed E-state index contributed by atoms with van der Waals surface area (Å²) < 4.78 is 28.2. The van der Waals surface area contributed by atoms with Gasteiger partial charge in [-0.3, -0.25) is 4.79 Å². The van der Waals surface area contributed by atoms with Crippen LogP contribution in [-0.4, -0.2) is 49.7 Å². The molecule has 0 spiro atoms. The van der Waals surface area contributed by atoms with E-state index in [1.807, 2.05) is 31.2 Å². The lowest BCUT2D eigenvalue weighted by atomic mass is 10.2. The summed E-state index contributed by atoms with van der Waals surface area (Å²) in [7, 11) is -3.54. The Bertz CT molecular complexity index is 971. The highest BCUT2D eigenvalue weighted by molar-refractivity contribution is 9.10. The van der Waals surface area contributed by atoms with Crippen molar-refractivity contribution >= 4 is 37.9 Å². The van der Waals surface area contributed by atoms with Crippen molar-refractivity contribution in [3.05, 3.63) is 70.2 Å². The lowest BCUT2D eigenvalue weighted by Crippen LogP contribution is -2.36. The smallest absolute Gasteiger partial charge is 0.246 e. The van der Waals surface area contributed by atoms with Gasteiger partial charge in [-0.1, -0.05) is 45.8 Å². The van der Waals surface area contributed by atoms with Crippen molar-refractivity contribution in [2.45, 2.75) is 18.2 Å². The van der Waals surface area contributed by atoms with Gasteiger partial charge in [0, 0.05) is 36.7 Å². The van der Waals surface area contributed by atoms with Crippen LogP contribution in [-0.2, 0) is 14.8 Å². The molecule has 5 nitrogen and oxygen atoms in total. The molecule has 1 heterocycles. The minimum Gasteiger partial charge on any atom is -0.338 e. The minimum atomic E-state index is -3.54. The van der Waals surface area contributed by atoms with Crippen LogP contribution in [0.1, 0.15) is 17.5 Å². The van der Waals surface area contributed by atoms with Gasteiger partial charge in [-0.2, -0.15) is 4.31 Å². The number of hydrogen-bond donors (Lipinski definition) is 0. The van der Waals surface area contributed by atoms with Crippen molar-refractivity contribution in [1.29, 1.82) is 0 Å². The number of sulfonamides is 1. The molecule has 28 heavy (non-hydrogen) atoms. The van der Waals surface area contributed by atoms with Gasteiger partial charge in [0.2, 0.25) is 15.9 Å². The first-order chi connectivity index (χ1) is 13.4. The Labute approximate surface area is 174 Å². The van der Waals surface area contributed by atoms with Gasteiger partial charge in [-0.05, 0) is 49.2 Å². The summed E-state index contributed by atoms with van der Waals surface area (Å²) in [6.45, 7) is 3.56. The molecule has 2 aromatic rings. The Morgan fingerprint density at radius 1 is 1.04 bits per heavy atom. The van der Waals surface area contributed by atoms with Crippen molar-refractivity contribution in [3.8, 4) is 0 Å². The molecule has 7 heteroatoms. The zero-order valence-corrected chi connectivity index (χ0v) is 18.1. The molecular weight excluding hydrogens is 440 g/mol. The summed E-state index contributed by atoms with van der Waals surface area (Å²) in [6, 6.07) is 14.6. The molecular formula is C21H23BrN2O3S. The van der Waals surface area contributed by atoms with E-state index < -0.39 is 10.0 Å². The van der Waals surface area contributed by atoms with E-state index in [-0.39, 0.29) is 5.91 Å². The average molecular weight is 463 g/mol. The molecule has 1 amide bonds. The summed E-state index contributed by atoms with van der Waals surface area (Å²) >= 11 is 3.41. The van der Waals surface area contributed by atoms with Crippen LogP contribution in [0, 0.1) is 6.92 Å². The SMILES string of the molecule is Cc1ccc(S(=O)(=O)N2CCCN(C(=O)/C=C/c3cccc(Br)c3)CC2)cc1. The summed E-state index contributed by atoms with van der Waals surface area (Å²) in [5, 5.41) is 0. The lowest BCUT2D eigenvalue weighted by molar-refractivity contribution is -0.125. The predicted molar refractivity (Wildman–Crippen MR) is 114 cm³/mol. The molecule has 0 atom stereocenters.